The fourth-order valence-electron chi connectivity index (χ4n) is 3.50. The lowest BCUT2D eigenvalue weighted by molar-refractivity contribution is -0.137. The van der Waals surface area contributed by atoms with Crippen molar-refractivity contribution < 1.29 is 14.7 Å². The lowest BCUT2D eigenvalue weighted by Gasteiger charge is -2.18. The van der Waals surface area contributed by atoms with Crippen LogP contribution in [0.1, 0.15) is 42.4 Å². The molecule has 0 radical (unpaired) electrons. The molecule has 0 atom stereocenters. The molecule has 6 heteroatoms. The SMILES string of the molecule is CN(C(=O)CCc1ccc(Cl)cc1)c1ccc(/C(=C/CCCC(=O)O)c2cccnc2)cc1. The summed E-state index contributed by atoms with van der Waals surface area (Å²) >= 11 is 5.92. The van der Waals surface area contributed by atoms with Gasteiger partial charge in [-0.25, -0.2) is 0 Å². The number of rotatable bonds is 10. The fraction of sp³-hybridized carbons (Fsp3) is 0.222. The maximum absolute atomic E-state index is 12.7. The Bertz CT molecular complexity index is 1090. The molecule has 1 N–H and O–H groups in total. The van der Waals surface area contributed by atoms with Crippen LogP contribution in [0.5, 0.6) is 0 Å². The number of nitrogens with zero attached hydrogens (tertiary/aromatic N) is 2. The van der Waals surface area contributed by atoms with Gasteiger partial charge in [0.25, 0.3) is 0 Å². The molecule has 1 heterocycles. The number of allylic oxidation sites excluding steroid dienone is 1. The highest BCUT2D eigenvalue weighted by atomic mass is 35.5. The minimum Gasteiger partial charge on any atom is -0.481 e. The number of benzene rings is 2. The molecule has 170 valence electrons. The van der Waals surface area contributed by atoms with Gasteiger partial charge in [0.15, 0.2) is 0 Å². The number of carboxylic acids is 1. The number of amides is 1. The average Bonchev–Trinajstić information content (AvgIpc) is 2.83. The van der Waals surface area contributed by atoms with Gasteiger partial charge in [-0.05, 0) is 66.3 Å². The van der Waals surface area contributed by atoms with E-state index in [0.717, 1.165) is 28.0 Å². The third-order valence-corrected chi connectivity index (χ3v) is 5.65. The molecular weight excluding hydrogens is 436 g/mol. The van der Waals surface area contributed by atoms with Crippen LogP contribution in [0.2, 0.25) is 5.02 Å². The monoisotopic (exact) mass is 462 g/mol. The predicted octanol–water partition coefficient (Wildman–Crippen LogP) is 6.02. The summed E-state index contributed by atoms with van der Waals surface area (Å²) in [6, 6.07) is 19.2. The molecule has 1 amide bonds. The fourth-order valence-corrected chi connectivity index (χ4v) is 3.63. The van der Waals surface area contributed by atoms with Crippen LogP contribution in [0.4, 0.5) is 5.69 Å². The number of unbranched alkanes of at least 4 members (excludes halogenated alkanes) is 1. The Labute approximate surface area is 199 Å². The highest BCUT2D eigenvalue weighted by Gasteiger charge is 2.12. The molecule has 0 bridgehead atoms. The zero-order valence-corrected chi connectivity index (χ0v) is 19.3. The molecule has 3 aromatic rings. The summed E-state index contributed by atoms with van der Waals surface area (Å²) in [5, 5.41) is 9.57. The first-order valence-corrected chi connectivity index (χ1v) is 11.3. The minimum absolute atomic E-state index is 0.0365. The zero-order chi connectivity index (χ0) is 23.6. The molecule has 0 spiro atoms. The average molecular weight is 463 g/mol. The van der Waals surface area contributed by atoms with Gasteiger partial charge in [-0.3, -0.25) is 14.6 Å². The van der Waals surface area contributed by atoms with Gasteiger partial charge < -0.3 is 10.0 Å². The predicted molar refractivity (Wildman–Crippen MR) is 132 cm³/mol. The van der Waals surface area contributed by atoms with E-state index < -0.39 is 5.97 Å². The van der Waals surface area contributed by atoms with Crippen molar-refractivity contribution in [3.63, 3.8) is 0 Å². The van der Waals surface area contributed by atoms with Crippen LogP contribution < -0.4 is 4.90 Å². The Kier molecular flexibility index (Phi) is 8.79. The zero-order valence-electron chi connectivity index (χ0n) is 18.6. The van der Waals surface area contributed by atoms with Gasteiger partial charge in [0.2, 0.25) is 5.91 Å². The van der Waals surface area contributed by atoms with Crippen molar-refractivity contribution in [2.24, 2.45) is 0 Å². The third kappa shape index (κ3) is 7.29. The topological polar surface area (TPSA) is 70.5 Å². The number of pyridine rings is 1. The van der Waals surface area contributed by atoms with Gasteiger partial charge in [0, 0.05) is 48.6 Å². The number of aromatic nitrogens is 1. The van der Waals surface area contributed by atoms with Gasteiger partial charge in [-0.1, -0.05) is 48.0 Å². The Morgan fingerprint density at radius 2 is 1.73 bits per heavy atom. The van der Waals surface area contributed by atoms with Crippen molar-refractivity contribution >= 4 is 34.7 Å². The van der Waals surface area contributed by atoms with E-state index >= 15 is 0 Å². The molecule has 0 aliphatic rings. The highest BCUT2D eigenvalue weighted by molar-refractivity contribution is 6.30. The van der Waals surface area contributed by atoms with E-state index in [0.29, 0.717) is 30.7 Å². The molecule has 2 aromatic carbocycles. The van der Waals surface area contributed by atoms with Gasteiger partial charge >= 0.3 is 5.97 Å². The first kappa shape index (κ1) is 24.2. The van der Waals surface area contributed by atoms with Crippen molar-refractivity contribution in [1.82, 2.24) is 4.98 Å². The van der Waals surface area contributed by atoms with E-state index in [2.05, 4.69) is 11.1 Å². The second-order valence-electron chi connectivity index (χ2n) is 7.77. The van der Waals surface area contributed by atoms with Gasteiger partial charge in [0.05, 0.1) is 0 Å². The van der Waals surface area contributed by atoms with Gasteiger partial charge in [0.1, 0.15) is 0 Å². The molecule has 0 saturated carbocycles. The van der Waals surface area contributed by atoms with E-state index in [-0.39, 0.29) is 12.3 Å². The molecule has 1 aromatic heterocycles. The van der Waals surface area contributed by atoms with Crippen LogP contribution in [-0.2, 0) is 16.0 Å². The molecule has 0 unspecified atom stereocenters. The van der Waals surface area contributed by atoms with Crippen LogP contribution in [-0.4, -0.2) is 29.0 Å². The van der Waals surface area contributed by atoms with Gasteiger partial charge in [-0.15, -0.1) is 0 Å². The van der Waals surface area contributed by atoms with Crippen LogP contribution in [0.25, 0.3) is 5.57 Å². The summed E-state index contributed by atoms with van der Waals surface area (Å²) in [6.45, 7) is 0. The smallest absolute Gasteiger partial charge is 0.303 e. The van der Waals surface area contributed by atoms with Crippen molar-refractivity contribution in [3.8, 4) is 0 Å². The quantitative estimate of drug-likeness (QED) is 0.374. The summed E-state index contributed by atoms with van der Waals surface area (Å²) in [5.74, 6) is -0.756. The lowest BCUT2D eigenvalue weighted by Crippen LogP contribution is -2.26. The molecule has 3 rings (SSSR count). The third-order valence-electron chi connectivity index (χ3n) is 5.40. The Balaban J connectivity index is 1.69. The van der Waals surface area contributed by atoms with E-state index in [1.165, 1.54) is 0 Å². The molecule has 33 heavy (non-hydrogen) atoms. The number of carboxylic acid groups (broad SMARTS) is 1. The normalized spacial score (nSPS) is 11.3. The maximum Gasteiger partial charge on any atom is 0.303 e. The van der Waals surface area contributed by atoms with Crippen LogP contribution in [0, 0.1) is 0 Å². The number of carbonyl (C=O) groups is 2. The van der Waals surface area contributed by atoms with Crippen LogP contribution in [0.3, 0.4) is 0 Å². The maximum atomic E-state index is 12.7. The van der Waals surface area contributed by atoms with E-state index in [1.54, 1.807) is 24.3 Å². The number of hydrogen-bond donors (Lipinski definition) is 1. The molecule has 5 nitrogen and oxygen atoms in total. The number of anilines is 1. The number of aliphatic carboxylic acids is 1. The Morgan fingerprint density at radius 1 is 1.00 bits per heavy atom. The molecule has 0 aliphatic carbocycles. The summed E-state index contributed by atoms with van der Waals surface area (Å²) < 4.78 is 0. The lowest BCUT2D eigenvalue weighted by atomic mass is 9.97. The first-order chi connectivity index (χ1) is 15.9. The molecule has 0 saturated heterocycles. The van der Waals surface area contributed by atoms with Gasteiger partial charge in [-0.2, -0.15) is 0 Å². The molecular formula is C27H27ClN2O3. The van der Waals surface area contributed by atoms with Crippen LogP contribution in [0.15, 0.2) is 79.1 Å². The largest absolute Gasteiger partial charge is 0.481 e. The number of hydrogen-bond acceptors (Lipinski definition) is 3. The number of aryl methyl sites for hydroxylation is 1. The Morgan fingerprint density at radius 3 is 2.36 bits per heavy atom. The summed E-state index contributed by atoms with van der Waals surface area (Å²) in [7, 11) is 1.78. The first-order valence-electron chi connectivity index (χ1n) is 10.9. The Hall–Kier alpha value is -3.44. The summed E-state index contributed by atoms with van der Waals surface area (Å²) in [5.41, 5.74) is 4.84. The van der Waals surface area contributed by atoms with E-state index in [4.69, 9.17) is 16.7 Å². The van der Waals surface area contributed by atoms with Crippen LogP contribution >= 0.6 is 11.6 Å². The minimum atomic E-state index is -0.792. The van der Waals surface area contributed by atoms with E-state index in [1.807, 2.05) is 60.7 Å². The standard InChI is InChI=1S/C27H27ClN2O3/c1-30(26(31)17-10-20-8-13-23(28)14-9-20)24-15-11-21(12-16-24)25(6-2-3-7-27(32)33)22-5-4-18-29-19-22/h4-6,8-9,11-16,18-19H,2-3,7,10,17H2,1H3,(H,32,33)/b25-6-. The molecule has 0 fully saturated rings. The number of carbonyl (C=O) groups excluding carboxylic acids is 1. The second kappa shape index (κ2) is 12.0. The summed E-state index contributed by atoms with van der Waals surface area (Å²) in [6.07, 6.45) is 7.99. The van der Waals surface area contributed by atoms with E-state index in [9.17, 15) is 9.59 Å². The van der Waals surface area contributed by atoms with Crippen molar-refractivity contribution in [1.29, 1.82) is 0 Å². The summed E-state index contributed by atoms with van der Waals surface area (Å²) in [4.78, 5) is 29.4. The van der Waals surface area contributed by atoms with Crippen molar-refractivity contribution in [2.45, 2.75) is 32.1 Å². The number of halogens is 1. The van der Waals surface area contributed by atoms with Crippen molar-refractivity contribution in [3.05, 3.63) is 101 Å². The van der Waals surface area contributed by atoms with Crippen molar-refractivity contribution in [2.75, 3.05) is 11.9 Å². The second-order valence-corrected chi connectivity index (χ2v) is 8.21. The highest BCUT2D eigenvalue weighted by Crippen LogP contribution is 2.26. The molecule has 0 aliphatic heterocycles.